The summed E-state index contributed by atoms with van der Waals surface area (Å²) in [6.45, 7) is 6.81. The Morgan fingerprint density at radius 1 is 1.32 bits per heavy atom. The molecule has 150 valence electrons. The topological polar surface area (TPSA) is 125 Å². The number of ether oxygens (including phenoxy) is 3. The van der Waals surface area contributed by atoms with E-state index in [1.165, 1.54) is 7.11 Å². The molecule has 10 heteroatoms. The summed E-state index contributed by atoms with van der Waals surface area (Å²) in [5, 5.41) is 13.0. The van der Waals surface area contributed by atoms with Crippen molar-refractivity contribution in [1.29, 1.82) is 0 Å². The van der Waals surface area contributed by atoms with E-state index in [1.54, 1.807) is 39.8 Å². The average molecular weight is 390 g/mol. The van der Waals surface area contributed by atoms with Crippen LogP contribution in [0.25, 0.3) is 11.5 Å². The number of anilines is 1. The highest BCUT2D eigenvalue weighted by atomic mass is 16.6. The predicted molar refractivity (Wildman–Crippen MR) is 98.3 cm³/mol. The lowest BCUT2D eigenvalue weighted by molar-refractivity contribution is -0.118. The standard InChI is InChI=1S/C18H22N4O6/c1-9-21-22-16(27-9)10-6-11-14(7-13(10)25-5)26-8-12(15(23)19-11)20-17(24)28-18(2,3)4/h6-7,12H,8H2,1-5H3,(H,19,23)(H,20,24)/t12-/m0/s1. The van der Waals surface area contributed by atoms with Crippen LogP contribution in [0.4, 0.5) is 10.5 Å². The number of carbonyl (C=O) groups excluding carboxylic acids is 2. The largest absolute Gasteiger partial charge is 0.496 e. The molecular formula is C18H22N4O6. The molecule has 0 aliphatic carbocycles. The molecule has 0 spiro atoms. The molecule has 1 aromatic carbocycles. The highest BCUT2D eigenvalue weighted by Crippen LogP contribution is 2.39. The summed E-state index contributed by atoms with van der Waals surface area (Å²) in [6, 6.07) is 2.30. The minimum absolute atomic E-state index is 0.0692. The highest BCUT2D eigenvalue weighted by Gasteiger charge is 2.29. The first-order chi connectivity index (χ1) is 13.2. The number of aromatic nitrogens is 2. The van der Waals surface area contributed by atoms with E-state index in [0.717, 1.165) is 0 Å². The summed E-state index contributed by atoms with van der Waals surface area (Å²) in [5.41, 5.74) is 0.217. The van der Waals surface area contributed by atoms with Crippen LogP contribution in [-0.2, 0) is 9.53 Å². The Hall–Kier alpha value is -3.30. The van der Waals surface area contributed by atoms with Gasteiger partial charge in [0.15, 0.2) is 0 Å². The maximum Gasteiger partial charge on any atom is 0.408 e. The zero-order valence-corrected chi connectivity index (χ0v) is 16.3. The highest BCUT2D eigenvalue weighted by molar-refractivity contribution is 5.99. The number of methoxy groups -OCH3 is 1. The third kappa shape index (κ3) is 4.33. The molecule has 2 amide bonds. The summed E-state index contributed by atoms with van der Waals surface area (Å²) in [4.78, 5) is 24.5. The van der Waals surface area contributed by atoms with E-state index in [-0.39, 0.29) is 12.5 Å². The molecule has 0 radical (unpaired) electrons. The maximum atomic E-state index is 12.5. The Morgan fingerprint density at radius 2 is 2.07 bits per heavy atom. The van der Waals surface area contributed by atoms with Crippen LogP contribution in [0.3, 0.4) is 0 Å². The van der Waals surface area contributed by atoms with Crippen LogP contribution in [0.2, 0.25) is 0 Å². The van der Waals surface area contributed by atoms with Gasteiger partial charge in [0.1, 0.15) is 29.7 Å². The Bertz CT molecular complexity index is 902. The fourth-order valence-electron chi connectivity index (χ4n) is 2.55. The lowest BCUT2D eigenvalue weighted by atomic mass is 10.1. The van der Waals surface area contributed by atoms with Crippen LogP contribution in [-0.4, -0.2) is 47.6 Å². The van der Waals surface area contributed by atoms with Crippen molar-refractivity contribution >= 4 is 17.7 Å². The Balaban J connectivity index is 1.84. The molecule has 28 heavy (non-hydrogen) atoms. The Morgan fingerprint density at radius 3 is 2.68 bits per heavy atom. The smallest absolute Gasteiger partial charge is 0.408 e. The Labute approximate surface area is 161 Å². The summed E-state index contributed by atoms with van der Waals surface area (Å²) in [6.07, 6.45) is -0.707. The number of amides is 2. The van der Waals surface area contributed by atoms with Crippen molar-refractivity contribution in [2.24, 2.45) is 0 Å². The van der Waals surface area contributed by atoms with Crippen molar-refractivity contribution in [2.75, 3.05) is 19.0 Å². The number of nitrogens with zero attached hydrogens (tertiary/aromatic N) is 2. The summed E-state index contributed by atoms with van der Waals surface area (Å²) in [7, 11) is 1.50. The first-order valence-electron chi connectivity index (χ1n) is 8.62. The fraction of sp³-hybridized carbons (Fsp3) is 0.444. The van der Waals surface area contributed by atoms with Crippen LogP contribution in [0, 0.1) is 6.92 Å². The van der Waals surface area contributed by atoms with Gasteiger partial charge >= 0.3 is 6.09 Å². The monoisotopic (exact) mass is 390 g/mol. The summed E-state index contributed by atoms with van der Waals surface area (Å²) >= 11 is 0. The summed E-state index contributed by atoms with van der Waals surface area (Å²) in [5.74, 6) is 1.03. The van der Waals surface area contributed by atoms with Gasteiger partial charge in [-0.3, -0.25) is 4.79 Å². The van der Waals surface area contributed by atoms with E-state index in [4.69, 9.17) is 18.6 Å². The number of alkyl carbamates (subject to hydrolysis) is 1. The van der Waals surface area contributed by atoms with Crippen molar-refractivity contribution in [1.82, 2.24) is 15.5 Å². The molecule has 0 saturated carbocycles. The molecule has 0 fully saturated rings. The number of rotatable bonds is 3. The molecule has 0 bridgehead atoms. The zero-order valence-electron chi connectivity index (χ0n) is 16.3. The number of hydrogen-bond donors (Lipinski definition) is 2. The van der Waals surface area contributed by atoms with Gasteiger partial charge in [0.2, 0.25) is 5.89 Å². The molecule has 0 unspecified atom stereocenters. The molecule has 10 nitrogen and oxygen atoms in total. The molecule has 2 aromatic rings. The van der Waals surface area contributed by atoms with Crippen LogP contribution < -0.4 is 20.1 Å². The third-order valence-electron chi connectivity index (χ3n) is 3.73. The van der Waals surface area contributed by atoms with Gasteiger partial charge in [-0.05, 0) is 26.8 Å². The van der Waals surface area contributed by atoms with Gasteiger partial charge in [0.05, 0.1) is 18.4 Å². The van der Waals surface area contributed by atoms with E-state index >= 15 is 0 Å². The lowest BCUT2D eigenvalue weighted by Crippen LogP contribution is -2.48. The molecule has 1 aromatic heterocycles. The van der Waals surface area contributed by atoms with Gasteiger partial charge in [0.25, 0.3) is 11.8 Å². The Kier molecular flexibility index (Phi) is 5.12. The van der Waals surface area contributed by atoms with Gasteiger partial charge in [-0.15, -0.1) is 10.2 Å². The SMILES string of the molecule is COc1cc2c(cc1-c1nnc(C)o1)NC(=O)[C@@H](NC(=O)OC(C)(C)C)CO2. The van der Waals surface area contributed by atoms with Gasteiger partial charge in [-0.25, -0.2) is 4.79 Å². The fourth-order valence-corrected chi connectivity index (χ4v) is 2.55. The number of aryl methyl sites for hydroxylation is 1. The molecule has 1 aliphatic heterocycles. The minimum atomic E-state index is -0.928. The van der Waals surface area contributed by atoms with Crippen LogP contribution >= 0.6 is 0 Å². The molecule has 1 aliphatic rings. The molecule has 2 N–H and O–H groups in total. The van der Waals surface area contributed by atoms with E-state index in [0.29, 0.717) is 28.6 Å². The predicted octanol–water partition coefficient (Wildman–Crippen LogP) is 2.28. The molecule has 2 heterocycles. The van der Waals surface area contributed by atoms with Gasteiger partial charge in [-0.1, -0.05) is 0 Å². The molecular weight excluding hydrogens is 368 g/mol. The zero-order chi connectivity index (χ0) is 20.5. The second-order valence-electron chi connectivity index (χ2n) is 7.17. The van der Waals surface area contributed by atoms with Crippen LogP contribution in [0.15, 0.2) is 16.5 Å². The van der Waals surface area contributed by atoms with Crippen LogP contribution in [0.5, 0.6) is 11.5 Å². The maximum absolute atomic E-state index is 12.5. The third-order valence-corrected chi connectivity index (χ3v) is 3.73. The van der Waals surface area contributed by atoms with Crippen molar-refractivity contribution < 1.29 is 28.2 Å². The minimum Gasteiger partial charge on any atom is -0.496 e. The van der Waals surface area contributed by atoms with E-state index in [2.05, 4.69) is 20.8 Å². The van der Waals surface area contributed by atoms with Crippen LogP contribution in [0.1, 0.15) is 26.7 Å². The number of carbonyl (C=O) groups is 2. The number of hydrogen-bond acceptors (Lipinski definition) is 8. The van der Waals surface area contributed by atoms with Crippen molar-refractivity contribution in [2.45, 2.75) is 39.3 Å². The molecule has 3 rings (SSSR count). The number of fused-ring (bicyclic) bond motifs is 1. The van der Waals surface area contributed by atoms with Gasteiger partial charge < -0.3 is 29.3 Å². The van der Waals surface area contributed by atoms with Crippen molar-refractivity contribution in [3.05, 3.63) is 18.0 Å². The van der Waals surface area contributed by atoms with Crippen molar-refractivity contribution in [3.63, 3.8) is 0 Å². The average Bonchev–Trinajstić information content (AvgIpc) is 2.97. The van der Waals surface area contributed by atoms with E-state index in [9.17, 15) is 9.59 Å². The lowest BCUT2D eigenvalue weighted by Gasteiger charge is -2.22. The summed E-state index contributed by atoms with van der Waals surface area (Å²) < 4.78 is 21.7. The molecule has 1 atom stereocenters. The normalized spacial score (nSPS) is 16.3. The van der Waals surface area contributed by atoms with Crippen molar-refractivity contribution in [3.8, 4) is 23.0 Å². The first kappa shape index (κ1) is 19.5. The second-order valence-corrected chi connectivity index (χ2v) is 7.17. The second kappa shape index (κ2) is 7.37. The first-order valence-corrected chi connectivity index (χ1v) is 8.62. The number of benzene rings is 1. The quantitative estimate of drug-likeness (QED) is 0.818. The molecule has 0 saturated heterocycles. The van der Waals surface area contributed by atoms with E-state index < -0.39 is 23.6 Å². The van der Waals surface area contributed by atoms with Gasteiger partial charge in [-0.2, -0.15) is 0 Å². The van der Waals surface area contributed by atoms with E-state index in [1.807, 2.05) is 0 Å². The van der Waals surface area contributed by atoms with Gasteiger partial charge in [0, 0.05) is 13.0 Å². The number of nitrogens with one attached hydrogen (secondary N) is 2.